The third kappa shape index (κ3) is 4.94. The lowest BCUT2D eigenvalue weighted by Gasteiger charge is -2.12. The summed E-state index contributed by atoms with van der Waals surface area (Å²) < 4.78 is 4.89. The van der Waals surface area contributed by atoms with Crippen molar-refractivity contribution in [2.75, 3.05) is 6.61 Å². The normalized spacial score (nSPS) is 12.1. The molecule has 0 radical (unpaired) electrons. The lowest BCUT2D eigenvalue weighted by molar-refractivity contribution is -0.143. The van der Waals surface area contributed by atoms with Gasteiger partial charge in [0.2, 0.25) is 0 Å². The Morgan fingerprint density at radius 1 is 1.38 bits per heavy atom. The van der Waals surface area contributed by atoms with Gasteiger partial charge in [-0.3, -0.25) is 4.79 Å². The molecule has 3 heteroatoms. The number of rotatable bonds is 6. The smallest absolute Gasteiger partial charge is 0.307 e. The van der Waals surface area contributed by atoms with Crippen molar-refractivity contribution in [1.29, 1.82) is 0 Å². The lowest BCUT2D eigenvalue weighted by atomic mass is 10.2. The summed E-state index contributed by atoms with van der Waals surface area (Å²) in [5.74, 6) is -0.143. The standard InChI is InChI=1S/C13H19NO2/c1-3-16-13(15)9-11(2)14-10-12-7-5-4-6-8-12/h4-8,11,14H,3,9-10H2,1-2H3/t11-/m1/s1. The summed E-state index contributed by atoms with van der Waals surface area (Å²) >= 11 is 0. The van der Waals surface area contributed by atoms with Crippen molar-refractivity contribution in [3.8, 4) is 0 Å². The third-order valence-corrected chi connectivity index (χ3v) is 2.28. The first-order valence-electron chi connectivity index (χ1n) is 5.65. The Morgan fingerprint density at radius 2 is 2.06 bits per heavy atom. The van der Waals surface area contributed by atoms with E-state index in [4.69, 9.17) is 4.74 Å². The van der Waals surface area contributed by atoms with Gasteiger partial charge in [0.15, 0.2) is 0 Å². The zero-order valence-corrected chi connectivity index (χ0v) is 9.90. The summed E-state index contributed by atoms with van der Waals surface area (Å²) in [6.45, 7) is 5.03. The van der Waals surface area contributed by atoms with Crippen LogP contribution in [0.1, 0.15) is 25.8 Å². The first-order valence-corrected chi connectivity index (χ1v) is 5.65. The maximum Gasteiger partial charge on any atom is 0.307 e. The van der Waals surface area contributed by atoms with Crippen LogP contribution in [0.3, 0.4) is 0 Å². The molecule has 1 rings (SSSR count). The average molecular weight is 221 g/mol. The molecule has 0 saturated heterocycles. The fourth-order valence-corrected chi connectivity index (χ4v) is 1.43. The molecule has 1 aromatic rings. The van der Waals surface area contributed by atoms with Gasteiger partial charge in [-0.05, 0) is 19.4 Å². The van der Waals surface area contributed by atoms with Crippen LogP contribution < -0.4 is 5.32 Å². The molecule has 16 heavy (non-hydrogen) atoms. The molecule has 0 aliphatic rings. The molecule has 0 spiro atoms. The molecular formula is C13H19NO2. The highest BCUT2D eigenvalue weighted by Crippen LogP contribution is 2.00. The van der Waals surface area contributed by atoms with Gasteiger partial charge < -0.3 is 10.1 Å². The number of hydrogen-bond acceptors (Lipinski definition) is 3. The highest BCUT2D eigenvalue weighted by atomic mass is 16.5. The Hall–Kier alpha value is -1.35. The van der Waals surface area contributed by atoms with Crippen LogP contribution in [0.4, 0.5) is 0 Å². The topological polar surface area (TPSA) is 38.3 Å². The Morgan fingerprint density at radius 3 is 2.69 bits per heavy atom. The Kier molecular flexibility index (Phi) is 5.57. The molecule has 1 atom stereocenters. The van der Waals surface area contributed by atoms with Gasteiger partial charge in [0, 0.05) is 12.6 Å². The molecule has 0 aliphatic carbocycles. The van der Waals surface area contributed by atoms with E-state index >= 15 is 0 Å². The van der Waals surface area contributed by atoms with E-state index in [0.29, 0.717) is 13.0 Å². The number of ether oxygens (including phenoxy) is 1. The summed E-state index contributed by atoms with van der Waals surface area (Å²) in [7, 11) is 0. The van der Waals surface area contributed by atoms with E-state index in [0.717, 1.165) is 6.54 Å². The number of esters is 1. The van der Waals surface area contributed by atoms with Gasteiger partial charge >= 0.3 is 5.97 Å². The number of benzene rings is 1. The minimum absolute atomic E-state index is 0.138. The average Bonchev–Trinajstić information content (AvgIpc) is 2.28. The summed E-state index contributed by atoms with van der Waals surface area (Å²) in [6, 6.07) is 10.3. The molecule has 0 fully saturated rings. The van der Waals surface area contributed by atoms with Crippen LogP contribution in [0.5, 0.6) is 0 Å². The highest BCUT2D eigenvalue weighted by molar-refractivity contribution is 5.69. The highest BCUT2D eigenvalue weighted by Gasteiger charge is 2.08. The molecule has 0 heterocycles. The van der Waals surface area contributed by atoms with E-state index in [2.05, 4.69) is 17.4 Å². The van der Waals surface area contributed by atoms with E-state index < -0.39 is 0 Å². The van der Waals surface area contributed by atoms with Gasteiger partial charge in [-0.1, -0.05) is 30.3 Å². The first-order chi connectivity index (χ1) is 7.72. The molecule has 0 saturated carbocycles. The molecule has 1 N–H and O–H groups in total. The van der Waals surface area contributed by atoms with Crippen LogP contribution in [0.2, 0.25) is 0 Å². The largest absolute Gasteiger partial charge is 0.466 e. The third-order valence-electron chi connectivity index (χ3n) is 2.28. The number of carbonyl (C=O) groups excluding carboxylic acids is 1. The van der Waals surface area contributed by atoms with Crippen LogP contribution >= 0.6 is 0 Å². The van der Waals surface area contributed by atoms with E-state index in [1.807, 2.05) is 32.0 Å². The SMILES string of the molecule is CCOC(=O)C[C@@H](C)NCc1ccccc1. The van der Waals surface area contributed by atoms with Gasteiger partial charge in [0.25, 0.3) is 0 Å². The first kappa shape index (κ1) is 12.7. The molecule has 0 aromatic heterocycles. The van der Waals surface area contributed by atoms with E-state index in [1.165, 1.54) is 5.56 Å². The number of nitrogens with one attached hydrogen (secondary N) is 1. The number of hydrogen-bond donors (Lipinski definition) is 1. The van der Waals surface area contributed by atoms with Gasteiger partial charge in [-0.2, -0.15) is 0 Å². The van der Waals surface area contributed by atoms with Gasteiger partial charge in [-0.25, -0.2) is 0 Å². The van der Waals surface area contributed by atoms with Gasteiger partial charge in [-0.15, -0.1) is 0 Å². The Bertz CT molecular complexity index is 311. The summed E-state index contributed by atoms with van der Waals surface area (Å²) in [5.41, 5.74) is 1.22. The fraction of sp³-hybridized carbons (Fsp3) is 0.462. The minimum atomic E-state index is -0.143. The maximum absolute atomic E-state index is 11.2. The second kappa shape index (κ2) is 7.01. The predicted molar refractivity (Wildman–Crippen MR) is 64.0 cm³/mol. The quantitative estimate of drug-likeness (QED) is 0.748. The fourth-order valence-electron chi connectivity index (χ4n) is 1.43. The molecule has 88 valence electrons. The van der Waals surface area contributed by atoms with E-state index in [9.17, 15) is 4.79 Å². The van der Waals surface area contributed by atoms with Crippen molar-refractivity contribution < 1.29 is 9.53 Å². The minimum Gasteiger partial charge on any atom is -0.466 e. The van der Waals surface area contributed by atoms with Crippen molar-refractivity contribution in [2.45, 2.75) is 32.9 Å². The lowest BCUT2D eigenvalue weighted by Crippen LogP contribution is -2.28. The summed E-state index contributed by atoms with van der Waals surface area (Å²) in [6.07, 6.45) is 0.417. The predicted octanol–water partition coefficient (Wildman–Crippen LogP) is 2.12. The van der Waals surface area contributed by atoms with Crippen molar-refractivity contribution in [3.05, 3.63) is 35.9 Å². The maximum atomic E-state index is 11.2. The Labute approximate surface area is 96.8 Å². The van der Waals surface area contributed by atoms with Crippen LogP contribution in [-0.2, 0) is 16.1 Å². The van der Waals surface area contributed by atoms with Crippen LogP contribution in [0, 0.1) is 0 Å². The van der Waals surface area contributed by atoms with Crippen LogP contribution in [0.25, 0.3) is 0 Å². The molecule has 0 amide bonds. The number of carbonyl (C=O) groups is 1. The van der Waals surface area contributed by atoms with Gasteiger partial charge in [0.05, 0.1) is 13.0 Å². The van der Waals surface area contributed by atoms with Crippen molar-refractivity contribution in [3.63, 3.8) is 0 Å². The zero-order chi connectivity index (χ0) is 11.8. The van der Waals surface area contributed by atoms with E-state index in [-0.39, 0.29) is 12.0 Å². The van der Waals surface area contributed by atoms with Crippen molar-refractivity contribution in [2.24, 2.45) is 0 Å². The summed E-state index contributed by atoms with van der Waals surface area (Å²) in [4.78, 5) is 11.2. The summed E-state index contributed by atoms with van der Waals surface area (Å²) in [5, 5.41) is 3.29. The van der Waals surface area contributed by atoms with Crippen LogP contribution in [-0.4, -0.2) is 18.6 Å². The Balaban J connectivity index is 2.25. The van der Waals surface area contributed by atoms with Crippen molar-refractivity contribution >= 4 is 5.97 Å². The zero-order valence-electron chi connectivity index (χ0n) is 9.90. The molecule has 0 bridgehead atoms. The van der Waals surface area contributed by atoms with Crippen molar-refractivity contribution in [1.82, 2.24) is 5.32 Å². The molecule has 1 aromatic carbocycles. The molecule has 0 aliphatic heterocycles. The van der Waals surface area contributed by atoms with Crippen LogP contribution in [0.15, 0.2) is 30.3 Å². The molecule has 0 unspecified atom stereocenters. The van der Waals surface area contributed by atoms with E-state index in [1.54, 1.807) is 0 Å². The monoisotopic (exact) mass is 221 g/mol. The second-order valence-corrected chi connectivity index (χ2v) is 3.78. The molecular weight excluding hydrogens is 202 g/mol. The van der Waals surface area contributed by atoms with Gasteiger partial charge in [0.1, 0.15) is 0 Å². The second-order valence-electron chi connectivity index (χ2n) is 3.78. The molecule has 3 nitrogen and oxygen atoms in total.